The third-order valence-electron chi connectivity index (χ3n) is 4.45. The molecule has 1 unspecified atom stereocenters. The minimum Gasteiger partial charge on any atom is -0.350 e. The standard InChI is InChI=1S/C21H27N3O4S/c1-14(24-20(26)16-8-10-17(11-9-16)21(2,3)4)19(25)23-13-15-6-5-7-18(12-15)29(22,27)28/h5-12,14H,13H2,1-4H3,(H,23,25)(H,24,26)(H2,22,27,28). The highest BCUT2D eigenvalue weighted by molar-refractivity contribution is 7.89. The molecule has 2 amide bonds. The zero-order chi connectivity index (χ0) is 21.8. The van der Waals surface area contributed by atoms with Crippen LogP contribution in [0.4, 0.5) is 0 Å². The Morgan fingerprint density at radius 1 is 1.07 bits per heavy atom. The number of hydrogen-bond acceptors (Lipinski definition) is 4. The number of nitrogens with two attached hydrogens (primary N) is 1. The van der Waals surface area contributed by atoms with Gasteiger partial charge >= 0.3 is 0 Å². The molecule has 0 saturated carbocycles. The second-order valence-corrected chi connectivity index (χ2v) is 9.49. The van der Waals surface area contributed by atoms with Crippen LogP contribution in [0, 0.1) is 0 Å². The van der Waals surface area contributed by atoms with Crippen LogP contribution in [0.2, 0.25) is 0 Å². The zero-order valence-electron chi connectivity index (χ0n) is 17.0. The van der Waals surface area contributed by atoms with Crippen LogP contribution in [0.5, 0.6) is 0 Å². The topological polar surface area (TPSA) is 118 Å². The lowest BCUT2D eigenvalue weighted by Crippen LogP contribution is -2.44. The number of primary sulfonamides is 1. The summed E-state index contributed by atoms with van der Waals surface area (Å²) in [6, 6.07) is 12.5. The molecule has 2 aromatic carbocycles. The smallest absolute Gasteiger partial charge is 0.251 e. The minimum atomic E-state index is -3.81. The van der Waals surface area contributed by atoms with Gasteiger partial charge in [0, 0.05) is 12.1 Å². The predicted molar refractivity (Wildman–Crippen MR) is 112 cm³/mol. The summed E-state index contributed by atoms with van der Waals surface area (Å²) in [5.74, 6) is -0.727. The van der Waals surface area contributed by atoms with Gasteiger partial charge in [-0.2, -0.15) is 0 Å². The zero-order valence-corrected chi connectivity index (χ0v) is 17.8. The molecule has 2 aromatic rings. The van der Waals surface area contributed by atoms with Gasteiger partial charge in [0.05, 0.1) is 4.90 Å². The van der Waals surface area contributed by atoms with Crippen molar-refractivity contribution in [1.82, 2.24) is 10.6 Å². The molecule has 0 heterocycles. The van der Waals surface area contributed by atoms with Gasteiger partial charge in [-0.15, -0.1) is 0 Å². The summed E-state index contributed by atoms with van der Waals surface area (Å²) in [7, 11) is -3.81. The van der Waals surface area contributed by atoms with Crippen LogP contribution in [0.3, 0.4) is 0 Å². The van der Waals surface area contributed by atoms with Crippen LogP contribution in [0.1, 0.15) is 49.2 Å². The molecule has 156 valence electrons. The fourth-order valence-corrected chi connectivity index (χ4v) is 3.23. The van der Waals surface area contributed by atoms with E-state index in [9.17, 15) is 18.0 Å². The van der Waals surface area contributed by atoms with Crippen LogP contribution in [-0.2, 0) is 26.8 Å². The molecule has 0 aliphatic heterocycles. The Labute approximate surface area is 171 Å². The van der Waals surface area contributed by atoms with E-state index in [1.807, 2.05) is 12.1 Å². The highest BCUT2D eigenvalue weighted by atomic mass is 32.2. The van der Waals surface area contributed by atoms with E-state index in [0.717, 1.165) is 5.56 Å². The summed E-state index contributed by atoms with van der Waals surface area (Å²) in [6.07, 6.45) is 0. The molecule has 7 nitrogen and oxygen atoms in total. The monoisotopic (exact) mass is 417 g/mol. The number of benzene rings is 2. The Morgan fingerprint density at radius 2 is 1.69 bits per heavy atom. The summed E-state index contributed by atoms with van der Waals surface area (Å²) in [5, 5.41) is 10.4. The Kier molecular flexibility index (Phi) is 6.81. The van der Waals surface area contributed by atoms with Gasteiger partial charge < -0.3 is 10.6 Å². The Bertz CT molecular complexity index is 993. The van der Waals surface area contributed by atoms with E-state index in [1.165, 1.54) is 12.1 Å². The van der Waals surface area contributed by atoms with Crippen molar-refractivity contribution in [2.45, 2.75) is 50.6 Å². The largest absolute Gasteiger partial charge is 0.350 e. The van der Waals surface area contributed by atoms with Crippen molar-refractivity contribution in [2.75, 3.05) is 0 Å². The lowest BCUT2D eigenvalue weighted by molar-refractivity contribution is -0.122. The van der Waals surface area contributed by atoms with Gasteiger partial charge in [-0.05, 0) is 47.7 Å². The Balaban J connectivity index is 1.94. The van der Waals surface area contributed by atoms with E-state index < -0.39 is 16.1 Å². The second kappa shape index (κ2) is 8.75. The number of sulfonamides is 1. The average molecular weight is 418 g/mol. The molecule has 0 radical (unpaired) electrons. The highest BCUT2D eigenvalue weighted by Gasteiger charge is 2.18. The molecule has 0 fully saturated rings. The number of carbonyl (C=O) groups is 2. The summed E-state index contributed by atoms with van der Waals surface area (Å²) >= 11 is 0. The van der Waals surface area contributed by atoms with Crippen LogP contribution < -0.4 is 15.8 Å². The lowest BCUT2D eigenvalue weighted by atomic mass is 9.86. The molecule has 4 N–H and O–H groups in total. The molecule has 1 atom stereocenters. The summed E-state index contributed by atoms with van der Waals surface area (Å²) in [4.78, 5) is 24.6. The molecule has 8 heteroatoms. The van der Waals surface area contributed by atoms with Crippen molar-refractivity contribution in [3.63, 3.8) is 0 Å². The van der Waals surface area contributed by atoms with Gasteiger partial charge in [-0.1, -0.05) is 45.0 Å². The van der Waals surface area contributed by atoms with Crippen molar-refractivity contribution in [3.8, 4) is 0 Å². The number of nitrogens with one attached hydrogen (secondary N) is 2. The number of amides is 2. The minimum absolute atomic E-state index is 0.0112. The maximum absolute atomic E-state index is 12.4. The number of rotatable bonds is 6. The van der Waals surface area contributed by atoms with Crippen molar-refractivity contribution in [2.24, 2.45) is 5.14 Å². The van der Waals surface area contributed by atoms with Crippen molar-refractivity contribution in [3.05, 3.63) is 65.2 Å². The molecule has 0 bridgehead atoms. The fraction of sp³-hybridized carbons (Fsp3) is 0.333. The Hall–Kier alpha value is -2.71. The lowest BCUT2D eigenvalue weighted by Gasteiger charge is -2.19. The average Bonchev–Trinajstić information content (AvgIpc) is 2.65. The van der Waals surface area contributed by atoms with Gasteiger partial charge in [-0.3, -0.25) is 9.59 Å². The van der Waals surface area contributed by atoms with E-state index in [0.29, 0.717) is 11.1 Å². The van der Waals surface area contributed by atoms with Gasteiger partial charge in [-0.25, -0.2) is 13.6 Å². The maximum atomic E-state index is 12.4. The van der Waals surface area contributed by atoms with E-state index >= 15 is 0 Å². The van der Waals surface area contributed by atoms with E-state index in [-0.39, 0.29) is 28.7 Å². The van der Waals surface area contributed by atoms with E-state index in [1.54, 1.807) is 31.2 Å². The molecular formula is C21H27N3O4S. The van der Waals surface area contributed by atoms with Crippen LogP contribution in [0.15, 0.2) is 53.4 Å². The predicted octanol–water partition coefficient (Wildman–Crippen LogP) is 2.07. The van der Waals surface area contributed by atoms with E-state index in [4.69, 9.17) is 5.14 Å². The first-order valence-corrected chi connectivity index (χ1v) is 10.7. The molecule has 0 aliphatic carbocycles. The van der Waals surface area contributed by atoms with Crippen LogP contribution in [-0.4, -0.2) is 26.3 Å². The third kappa shape index (κ3) is 6.40. The SMILES string of the molecule is CC(NC(=O)c1ccc(C(C)(C)C)cc1)C(=O)NCc1cccc(S(N)(=O)=O)c1. The first-order valence-electron chi connectivity index (χ1n) is 9.19. The molecule has 0 aliphatic rings. The van der Waals surface area contributed by atoms with Gasteiger partial charge in [0.25, 0.3) is 5.91 Å². The first kappa shape index (κ1) is 22.6. The number of hydrogen-bond donors (Lipinski definition) is 3. The van der Waals surface area contributed by atoms with Gasteiger partial charge in [0.1, 0.15) is 6.04 Å². The maximum Gasteiger partial charge on any atom is 0.251 e. The van der Waals surface area contributed by atoms with Gasteiger partial charge in [0.2, 0.25) is 15.9 Å². The van der Waals surface area contributed by atoms with Crippen LogP contribution in [0.25, 0.3) is 0 Å². The first-order chi connectivity index (χ1) is 13.4. The fourth-order valence-electron chi connectivity index (χ4n) is 2.64. The molecule has 0 spiro atoms. The molecule has 0 saturated heterocycles. The van der Waals surface area contributed by atoms with Crippen molar-refractivity contribution in [1.29, 1.82) is 0 Å². The van der Waals surface area contributed by atoms with Crippen molar-refractivity contribution >= 4 is 21.8 Å². The molecule has 29 heavy (non-hydrogen) atoms. The Morgan fingerprint density at radius 3 is 2.24 bits per heavy atom. The summed E-state index contributed by atoms with van der Waals surface area (Å²) in [5.41, 5.74) is 2.16. The summed E-state index contributed by atoms with van der Waals surface area (Å²) < 4.78 is 22.8. The highest BCUT2D eigenvalue weighted by Crippen LogP contribution is 2.22. The third-order valence-corrected chi connectivity index (χ3v) is 5.36. The molecule has 2 rings (SSSR count). The van der Waals surface area contributed by atoms with E-state index in [2.05, 4.69) is 31.4 Å². The van der Waals surface area contributed by atoms with Crippen LogP contribution >= 0.6 is 0 Å². The molecular weight excluding hydrogens is 390 g/mol. The quantitative estimate of drug-likeness (QED) is 0.667. The molecule has 0 aromatic heterocycles. The van der Waals surface area contributed by atoms with Crippen molar-refractivity contribution < 1.29 is 18.0 Å². The second-order valence-electron chi connectivity index (χ2n) is 7.93. The summed E-state index contributed by atoms with van der Waals surface area (Å²) in [6.45, 7) is 7.97. The normalized spacial score (nSPS) is 12.9. The van der Waals surface area contributed by atoms with Gasteiger partial charge in [0.15, 0.2) is 0 Å². The number of carbonyl (C=O) groups excluding carboxylic acids is 2.